The van der Waals surface area contributed by atoms with Gasteiger partial charge in [0.2, 0.25) is 0 Å². The number of H-pyrrole nitrogens is 1. The first kappa shape index (κ1) is 21.9. The SMILES string of the molecule is CC(O)c1cccc(N=C(N)/C=C\c2n[nH]c(Cc3cccc(F)c3)n2)c1.CO. The number of halogens is 1. The molecule has 0 spiro atoms. The van der Waals surface area contributed by atoms with Gasteiger partial charge in [-0.1, -0.05) is 24.3 Å². The molecule has 2 aromatic carbocycles. The van der Waals surface area contributed by atoms with Gasteiger partial charge in [0.1, 0.15) is 17.5 Å². The minimum atomic E-state index is -0.568. The second-order valence-electron chi connectivity index (χ2n) is 6.09. The molecule has 8 heteroatoms. The standard InChI is InChI=1S/C20H20FN5O.CH4O/c1-13(27)15-5-3-7-17(12-15)23-18(22)8-9-19-24-20(26-25-19)11-14-4-2-6-16(21)10-14;1-2/h2-10,12-13,27H,11H2,1H3,(H2,22,23)(H,24,25,26);2H,1H3/b9-8-;. The molecule has 0 radical (unpaired) electrons. The van der Waals surface area contributed by atoms with Crippen molar-refractivity contribution >= 4 is 17.6 Å². The van der Waals surface area contributed by atoms with Crippen molar-refractivity contribution in [3.63, 3.8) is 0 Å². The molecule has 1 aromatic heterocycles. The van der Waals surface area contributed by atoms with Gasteiger partial charge in [-0.25, -0.2) is 14.4 Å². The van der Waals surface area contributed by atoms with Gasteiger partial charge < -0.3 is 15.9 Å². The number of amidine groups is 1. The van der Waals surface area contributed by atoms with Gasteiger partial charge in [-0.2, -0.15) is 5.10 Å². The lowest BCUT2D eigenvalue weighted by molar-refractivity contribution is 0.199. The molecule has 7 nitrogen and oxygen atoms in total. The van der Waals surface area contributed by atoms with E-state index in [1.54, 1.807) is 37.3 Å². The van der Waals surface area contributed by atoms with Crippen molar-refractivity contribution in [3.8, 4) is 0 Å². The first-order valence-corrected chi connectivity index (χ1v) is 8.90. The second-order valence-corrected chi connectivity index (χ2v) is 6.09. The molecule has 0 bridgehead atoms. The van der Waals surface area contributed by atoms with Crippen LogP contribution < -0.4 is 5.73 Å². The van der Waals surface area contributed by atoms with Crippen LogP contribution in [0.2, 0.25) is 0 Å². The number of nitrogens with two attached hydrogens (primary N) is 1. The third kappa shape index (κ3) is 6.95. The zero-order valence-electron chi connectivity index (χ0n) is 16.2. The molecule has 5 N–H and O–H groups in total. The summed E-state index contributed by atoms with van der Waals surface area (Å²) in [6, 6.07) is 13.6. The van der Waals surface area contributed by atoms with Crippen LogP contribution in [0.4, 0.5) is 10.1 Å². The number of aliphatic imine (C=N–C) groups is 1. The summed E-state index contributed by atoms with van der Waals surface area (Å²) in [6.45, 7) is 1.69. The Hall–Kier alpha value is -3.36. The number of aliphatic hydroxyl groups is 2. The minimum absolute atomic E-state index is 0.282. The quantitative estimate of drug-likeness (QED) is 0.376. The number of nitrogens with zero attached hydrogens (tertiary/aromatic N) is 3. The summed E-state index contributed by atoms with van der Waals surface area (Å²) in [5, 5.41) is 23.5. The van der Waals surface area contributed by atoms with Crippen molar-refractivity contribution in [2.24, 2.45) is 10.7 Å². The maximum Gasteiger partial charge on any atom is 0.174 e. The third-order valence-electron chi connectivity index (χ3n) is 3.82. The molecule has 1 unspecified atom stereocenters. The van der Waals surface area contributed by atoms with Crippen molar-refractivity contribution in [1.82, 2.24) is 15.2 Å². The van der Waals surface area contributed by atoms with Gasteiger partial charge in [0.05, 0.1) is 11.8 Å². The van der Waals surface area contributed by atoms with Crippen LogP contribution in [0.15, 0.2) is 59.6 Å². The molecule has 0 aliphatic carbocycles. The lowest BCUT2D eigenvalue weighted by atomic mass is 10.1. The van der Waals surface area contributed by atoms with E-state index in [9.17, 15) is 9.50 Å². The molecule has 0 aliphatic heterocycles. The van der Waals surface area contributed by atoms with Crippen LogP contribution in [0.3, 0.4) is 0 Å². The molecule has 1 heterocycles. The highest BCUT2D eigenvalue weighted by Crippen LogP contribution is 2.19. The zero-order chi connectivity index (χ0) is 21.2. The van der Waals surface area contributed by atoms with E-state index < -0.39 is 6.10 Å². The Morgan fingerprint density at radius 3 is 2.72 bits per heavy atom. The van der Waals surface area contributed by atoms with E-state index in [4.69, 9.17) is 10.8 Å². The zero-order valence-corrected chi connectivity index (χ0v) is 16.2. The summed E-state index contributed by atoms with van der Waals surface area (Å²) in [6.07, 6.45) is 3.13. The normalized spacial score (nSPS) is 12.5. The summed E-state index contributed by atoms with van der Waals surface area (Å²) >= 11 is 0. The number of rotatable bonds is 6. The van der Waals surface area contributed by atoms with Gasteiger partial charge in [0.25, 0.3) is 0 Å². The molecule has 1 atom stereocenters. The van der Waals surface area contributed by atoms with Gasteiger partial charge in [0.15, 0.2) is 5.82 Å². The lowest BCUT2D eigenvalue weighted by Crippen LogP contribution is -2.06. The van der Waals surface area contributed by atoms with E-state index in [-0.39, 0.29) is 11.7 Å². The molecule has 0 saturated carbocycles. The fraction of sp³-hybridized carbons (Fsp3) is 0.190. The number of benzene rings is 2. The van der Waals surface area contributed by atoms with Crippen LogP contribution in [-0.2, 0) is 6.42 Å². The molecule has 3 aromatic rings. The number of aromatic amines is 1. The summed E-state index contributed by atoms with van der Waals surface area (Å²) < 4.78 is 13.2. The van der Waals surface area contributed by atoms with E-state index in [0.717, 1.165) is 18.2 Å². The van der Waals surface area contributed by atoms with Gasteiger partial charge in [-0.15, -0.1) is 0 Å². The fourth-order valence-electron chi connectivity index (χ4n) is 2.50. The molecular formula is C21H24FN5O2. The molecule has 29 heavy (non-hydrogen) atoms. The van der Waals surface area contributed by atoms with Crippen molar-refractivity contribution in [1.29, 1.82) is 0 Å². The fourth-order valence-corrected chi connectivity index (χ4v) is 2.50. The predicted molar refractivity (Wildman–Crippen MR) is 111 cm³/mol. The first-order valence-electron chi connectivity index (χ1n) is 8.90. The lowest BCUT2D eigenvalue weighted by Gasteiger charge is -2.04. The van der Waals surface area contributed by atoms with E-state index in [1.807, 2.05) is 18.2 Å². The number of aromatic nitrogens is 3. The van der Waals surface area contributed by atoms with Gasteiger partial charge >= 0.3 is 0 Å². The van der Waals surface area contributed by atoms with Crippen LogP contribution in [-0.4, -0.2) is 38.3 Å². The van der Waals surface area contributed by atoms with E-state index in [0.29, 0.717) is 23.8 Å². The Morgan fingerprint density at radius 2 is 2.00 bits per heavy atom. The number of hydrogen-bond acceptors (Lipinski definition) is 5. The third-order valence-corrected chi connectivity index (χ3v) is 3.82. The molecule has 0 fully saturated rings. The van der Waals surface area contributed by atoms with Crippen LogP contribution in [0, 0.1) is 5.82 Å². The van der Waals surface area contributed by atoms with Gasteiger partial charge in [0, 0.05) is 13.5 Å². The van der Waals surface area contributed by atoms with Crippen molar-refractivity contribution < 1.29 is 14.6 Å². The van der Waals surface area contributed by atoms with Crippen LogP contribution >= 0.6 is 0 Å². The van der Waals surface area contributed by atoms with Crippen molar-refractivity contribution in [2.45, 2.75) is 19.4 Å². The predicted octanol–water partition coefficient (Wildman–Crippen LogP) is 2.90. The van der Waals surface area contributed by atoms with Crippen molar-refractivity contribution in [3.05, 3.63) is 83.2 Å². The molecular weight excluding hydrogens is 373 g/mol. The molecule has 152 valence electrons. The maximum atomic E-state index is 13.2. The highest BCUT2D eigenvalue weighted by atomic mass is 19.1. The van der Waals surface area contributed by atoms with E-state index >= 15 is 0 Å². The Bertz CT molecular complexity index is 982. The summed E-state index contributed by atoms with van der Waals surface area (Å²) in [5.74, 6) is 1.09. The average molecular weight is 397 g/mol. The van der Waals surface area contributed by atoms with Gasteiger partial charge in [-0.3, -0.25) is 5.10 Å². The van der Waals surface area contributed by atoms with Crippen LogP contribution in [0.1, 0.15) is 35.8 Å². The maximum absolute atomic E-state index is 13.2. The second kappa shape index (κ2) is 10.8. The Balaban J connectivity index is 0.00000145. The van der Waals surface area contributed by atoms with Crippen LogP contribution in [0.25, 0.3) is 6.08 Å². The topological polar surface area (TPSA) is 120 Å². The summed E-state index contributed by atoms with van der Waals surface area (Å²) in [7, 11) is 1.00. The molecule has 0 saturated heterocycles. The smallest absolute Gasteiger partial charge is 0.174 e. The van der Waals surface area contributed by atoms with E-state index in [1.165, 1.54) is 12.1 Å². The first-order chi connectivity index (χ1) is 14.0. The minimum Gasteiger partial charge on any atom is -0.400 e. The Kier molecular flexibility index (Phi) is 8.20. The largest absolute Gasteiger partial charge is 0.400 e. The highest BCUT2D eigenvalue weighted by Gasteiger charge is 2.04. The monoisotopic (exact) mass is 397 g/mol. The summed E-state index contributed by atoms with van der Waals surface area (Å²) in [5.41, 5.74) is 8.14. The number of nitrogens with one attached hydrogen (secondary N) is 1. The Labute approximate surface area is 168 Å². The molecule has 0 amide bonds. The average Bonchev–Trinajstić information content (AvgIpc) is 3.15. The summed E-state index contributed by atoms with van der Waals surface area (Å²) in [4.78, 5) is 8.62. The van der Waals surface area contributed by atoms with E-state index in [2.05, 4.69) is 20.2 Å². The van der Waals surface area contributed by atoms with Crippen molar-refractivity contribution in [2.75, 3.05) is 7.11 Å². The van der Waals surface area contributed by atoms with Crippen LogP contribution in [0.5, 0.6) is 0 Å². The highest BCUT2D eigenvalue weighted by molar-refractivity contribution is 5.96. The molecule has 0 aliphatic rings. The Morgan fingerprint density at radius 1 is 1.24 bits per heavy atom. The molecule has 3 rings (SSSR count). The van der Waals surface area contributed by atoms with Gasteiger partial charge in [-0.05, 0) is 54.5 Å². The number of hydrogen-bond donors (Lipinski definition) is 4. The number of aliphatic hydroxyl groups excluding tert-OH is 2.